The van der Waals surface area contributed by atoms with Crippen molar-refractivity contribution in [2.75, 3.05) is 0 Å². The Labute approximate surface area is 147 Å². The highest BCUT2D eigenvalue weighted by Crippen LogP contribution is 2.66. The zero-order valence-corrected chi connectivity index (χ0v) is 15.8. The molecule has 2 nitrogen and oxygen atoms in total. The molecule has 0 radical (unpaired) electrons. The van der Waals surface area contributed by atoms with Gasteiger partial charge in [-0.1, -0.05) is 25.5 Å². The van der Waals surface area contributed by atoms with Crippen molar-refractivity contribution in [2.24, 2.45) is 34.5 Å². The van der Waals surface area contributed by atoms with E-state index in [1.807, 2.05) is 6.92 Å². The van der Waals surface area contributed by atoms with Gasteiger partial charge in [0.15, 0.2) is 0 Å². The lowest BCUT2D eigenvalue weighted by Gasteiger charge is -2.56. The molecule has 0 bridgehead atoms. The van der Waals surface area contributed by atoms with E-state index in [1.54, 1.807) is 5.57 Å². The van der Waals surface area contributed by atoms with Gasteiger partial charge < -0.3 is 10.2 Å². The molecule has 0 aromatic rings. The van der Waals surface area contributed by atoms with Crippen molar-refractivity contribution in [3.05, 3.63) is 11.6 Å². The SMILES string of the molecule is C[C@@H](O)[C@H]1CC[C@H]2[C@@H]3CC=C4C[C@@H](O)CCC[C@]4(C)[C@H]3CC[C@]12C. The summed E-state index contributed by atoms with van der Waals surface area (Å²) in [7, 11) is 0. The molecule has 2 heteroatoms. The third-order valence-corrected chi connectivity index (χ3v) is 8.97. The molecule has 8 atom stereocenters. The Morgan fingerprint density at radius 3 is 2.62 bits per heavy atom. The van der Waals surface area contributed by atoms with E-state index in [-0.39, 0.29) is 12.2 Å². The van der Waals surface area contributed by atoms with Crippen molar-refractivity contribution in [3.63, 3.8) is 0 Å². The lowest BCUT2D eigenvalue weighted by Crippen LogP contribution is -2.49. The first-order valence-corrected chi connectivity index (χ1v) is 10.4. The summed E-state index contributed by atoms with van der Waals surface area (Å²) in [5, 5.41) is 20.6. The van der Waals surface area contributed by atoms with Gasteiger partial charge in [0, 0.05) is 0 Å². The van der Waals surface area contributed by atoms with Gasteiger partial charge in [-0.05, 0) is 99.2 Å². The molecule has 0 aromatic carbocycles. The van der Waals surface area contributed by atoms with Crippen molar-refractivity contribution < 1.29 is 10.2 Å². The molecule has 0 aromatic heterocycles. The second-order valence-corrected chi connectivity index (χ2v) is 9.98. The molecular weight excluding hydrogens is 296 g/mol. The molecule has 0 amide bonds. The van der Waals surface area contributed by atoms with E-state index in [4.69, 9.17) is 0 Å². The molecule has 0 unspecified atom stereocenters. The van der Waals surface area contributed by atoms with Crippen LogP contribution in [0.2, 0.25) is 0 Å². The number of hydrogen-bond acceptors (Lipinski definition) is 2. The van der Waals surface area contributed by atoms with Crippen LogP contribution in [0.1, 0.15) is 78.6 Å². The molecule has 0 aliphatic heterocycles. The first-order chi connectivity index (χ1) is 11.4. The van der Waals surface area contributed by atoms with Crippen LogP contribution in [-0.4, -0.2) is 22.4 Å². The highest BCUT2D eigenvalue weighted by atomic mass is 16.3. The first-order valence-electron chi connectivity index (χ1n) is 10.4. The molecule has 0 spiro atoms. The molecule has 0 saturated heterocycles. The van der Waals surface area contributed by atoms with Gasteiger partial charge in [-0.2, -0.15) is 0 Å². The van der Waals surface area contributed by atoms with Crippen LogP contribution < -0.4 is 0 Å². The summed E-state index contributed by atoms with van der Waals surface area (Å²) in [6.45, 7) is 7.01. The Balaban J connectivity index is 1.65. The molecule has 2 N–H and O–H groups in total. The van der Waals surface area contributed by atoms with E-state index >= 15 is 0 Å². The van der Waals surface area contributed by atoms with Gasteiger partial charge in [0.2, 0.25) is 0 Å². The third kappa shape index (κ3) is 2.35. The number of allylic oxidation sites excluding steroid dienone is 1. The third-order valence-electron chi connectivity index (χ3n) is 8.97. The predicted molar refractivity (Wildman–Crippen MR) is 97.5 cm³/mol. The van der Waals surface area contributed by atoms with Crippen LogP contribution in [0.15, 0.2) is 11.6 Å². The molecule has 0 heterocycles. The highest BCUT2D eigenvalue weighted by molar-refractivity contribution is 5.24. The summed E-state index contributed by atoms with van der Waals surface area (Å²) >= 11 is 0. The van der Waals surface area contributed by atoms with Crippen molar-refractivity contribution in [1.29, 1.82) is 0 Å². The van der Waals surface area contributed by atoms with Gasteiger partial charge in [-0.15, -0.1) is 0 Å². The Kier molecular flexibility index (Phi) is 4.16. The van der Waals surface area contributed by atoms with Crippen molar-refractivity contribution >= 4 is 0 Å². The number of aliphatic hydroxyl groups is 2. The number of rotatable bonds is 1. The smallest absolute Gasteiger partial charge is 0.0577 e. The monoisotopic (exact) mass is 332 g/mol. The fraction of sp³-hybridized carbons (Fsp3) is 0.909. The van der Waals surface area contributed by atoms with Crippen LogP contribution >= 0.6 is 0 Å². The lowest BCUT2D eigenvalue weighted by molar-refractivity contribution is -0.0590. The van der Waals surface area contributed by atoms with Gasteiger partial charge >= 0.3 is 0 Å². The van der Waals surface area contributed by atoms with Crippen molar-refractivity contribution in [2.45, 2.75) is 90.8 Å². The van der Waals surface area contributed by atoms with Crippen molar-refractivity contribution in [3.8, 4) is 0 Å². The van der Waals surface area contributed by atoms with E-state index in [0.29, 0.717) is 16.7 Å². The van der Waals surface area contributed by atoms with Crippen LogP contribution in [0, 0.1) is 34.5 Å². The van der Waals surface area contributed by atoms with Crippen LogP contribution in [0.25, 0.3) is 0 Å². The number of hydrogen-bond donors (Lipinski definition) is 2. The summed E-state index contributed by atoms with van der Waals surface area (Å²) in [6, 6.07) is 0. The first kappa shape index (κ1) is 17.1. The Morgan fingerprint density at radius 1 is 1.08 bits per heavy atom. The molecule has 24 heavy (non-hydrogen) atoms. The van der Waals surface area contributed by atoms with Gasteiger partial charge in [-0.3, -0.25) is 0 Å². The molecule has 3 fully saturated rings. The second kappa shape index (κ2) is 5.84. The standard InChI is InChI=1S/C22H36O2/c1-14(23)18-8-9-19-17-7-6-15-13-16(24)5-4-11-21(15,2)20(17)10-12-22(18,19)3/h6,14,16-20,23-24H,4-5,7-13H2,1-3H3/t14-,16+,17+,18-,19+,20+,21+,22-/m1/s1. The maximum atomic E-state index is 10.3. The Morgan fingerprint density at radius 2 is 1.88 bits per heavy atom. The van der Waals surface area contributed by atoms with Crippen molar-refractivity contribution in [1.82, 2.24) is 0 Å². The van der Waals surface area contributed by atoms with E-state index in [9.17, 15) is 10.2 Å². The largest absolute Gasteiger partial charge is 0.393 e. The van der Waals surface area contributed by atoms with Gasteiger partial charge in [0.1, 0.15) is 0 Å². The summed E-state index contributed by atoms with van der Waals surface area (Å²) in [5.74, 6) is 2.89. The minimum Gasteiger partial charge on any atom is -0.393 e. The zero-order valence-electron chi connectivity index (χ0n) is 15.8. The van der Waals surface area contributed by atoms with E-state index in [0.717, 1.165) is 30.6 Å². The molecule has 4 aliphatic carbocycles. The van der Waals surface area contributed by atoms with Gasteiger partial charge in [0.25, 0.3) is 0 Å². The Bertz CT molecular complexity index is 524. The quantitative estimate of drug-likeness (QED) is 0.683. The lowest BCUT2D eigenvalue weighted by atomic mass is 9.48. The topological polar surface area (TPSA) is 40.5 Å². The summed E-state index contributed by atoms with van der Waals surface area (Å²) in [5.41, 5.74) is 2.24. The number of fused-ring (bicyclic) bond motifs is 5. The molecular formula is C22H36O2. The minimum absolute atomic E-state index is 0.116. The number of aliphatic hydroxyl groups excluding tert-OH is 2. The van der Waals surface area contributed by atoms with E-state index in [1.165, 1.54) is 44.9 Å². The highest BCUT2D eigenvalue weighted by Gasteiger charge is 2.58. The predicted octanol–water partition coefficient (Wildman–Crippen LogP) is 4.70. The molecule has 136 valence electrons. The minimum atomic E-state index is -0.158. The fourth-order valence-corrected chi connectivity index (χ4v) is 7.71. The normalized spacial score (nSPS) is 52.5. The molecule has 4 rings (SSSR count). The molecule has 3 saturated carbocycles. The van der Waals surface area contributed by atoms with Crippen LogP contribution in [0.5, 0.6) is 0 Å². The van der Waals surface area contributed by atoms with Crippen LogP contribution in [0.4, 0.5) is 0 Å². The maximum absolute atomic E-state index is 10.3. The molecule has 4 aliphatic rings. The summed E-state index contributed by atoms with van der Waals surface area (Å²) in [4.78, 5) is 0. The zero-order chi connectivity index (χ0) is 17.1. The fourth-order valence-electron chi connectivity index (χ4n) is 7.71. The average molecular weight is 333 g/mol. The second-order valence-electron chi connectivity index (χ2n) is 9.98. The average Bonchev–Trinajstić information content (AvgIpc) is 2.79. The van der Waals surface area contributed by atoms with Crippen LogP contribution in [-0.2, 0) is 0 Å². The van der Waals surface area contributed by atoms with E-state index < -0.39 is 0 Å². The van der Waals surface area contributed by atoms with E-state index in [2.05, 4.69) is 19.9 Å². The van der Waals surface area contributed by atoms with Gasteiger partial charge in [0.05, 0.1) is 12.2 Å². The van der Waals surface area contributed by atoms with Crippen LogP contribution in [0.3, 0.4) is 0 Å². The summed E-state index contributed by atoms with van der Waals surface area (Å²) in [6.07, 6.45) is 13.0. The van der Waals surface area contributed by atoms with Gasteiger partial charge in [-0.25, -0.2) is 0 Å². The Hall–Kier alpha value is -0.340. The maximum Gasteiger partial charge on any atom is 0.0577 e. The summed E-state index contributed by atoms with van der Waals surface area (Å²) < 4.78 is 0.